The van der Waals surface area contributed by atoms with E-state index in [2.05, 4.69) is 25.2 Å². The molecule has 2 aliphatic heterocycles. The van der Waals surface area contributed by atoms with E-state index in [1.807, 2.05) is 0 Å². The number of sulfonamides is 1. The van der Waals surface area contributed by atoms with Gasteiger partial charge in [-0.25, -0.2) is 12.8 Å². The number of carbonyl (C=O) groups is 1. The van der Waals surface area contributed by atoms with Crippen molar-refractivity contribution in [1.82, 2.24) is 25.1 Å². The molecule has 1 aromatic heterocycles. The van der Waals surface area contributed by atoms with Gasteiger partial charge in [-0.15, -0.1) is 9.50 Å². The lowest BCUT2D eigenvalue weighted by Crippen LogP contribution is -2.37. The van der Waals surface area contributed by atoms with Crippen LogP contribution >= 0.6 is 0 Å². The molecular weight excluding hydrogens is 389 g/mol. The van der Waals surface area contributed by atoms with Gasteiger partial charge in [0.05, 0.1) is 22.7 Å². The summed E-state index contributed by atoms with van der Waals surface area (Å²) in [5, 5.41) is 13.6. The molecular formula is C16H14FN7O3S. The minimum Gasteiger partial charge on any atom is -0.330 e. The minimum absolute atomic E-state index is 0.0348. The Morgan fingerprint density at radius 1 is 1.29 bits per heavy atom. The Balaban J connectivity index is 1.57. The van der Waals surface area contributed by atoms with Crippen molar-refractivity contribution in [3.63, 3.8) is 0 Å². The summed E-state index contributed by atoms with van der Waals surface area (Å²) in [4.78, 5) is 14.1. The van der Waals surface area contributed by atoms with Crippen LogP contribution in [0, 0.1) is 12.7 Å². The molecule has 1 N–H and O–H groups in total. The molecule has 0 aliphatic carbocycles. The first-order valence-electron chi connectivity index (χ1n) is 8.18. The number of amides is 1. The highest BCUT2D eigenvalue weighted by molar-refractivity contribution is 7.90. The third kappa shape index (κ3) is 3.41. The van der Waals surface area contributed by atoms with Crippen molar-refractivity contribution in [3.8, 4) is 5.69 Å². The number of amidine groups is 1. The van der Waals surface area contributed by atoms with Gasteiger partial charge in [0.2, 0.25) is 0 Å². The van der Waals surface area contributed by atoms with Gasteiger partial charge in [0, 0.05) is 12.7 Å². The lowest BCUT2D eigenvalue weighted by atomic mass is 10.1. The summed E-state index contributed by atoms with van der Waals surface area (Å²) >= 11 is 0. The molecule has 28 heavy (non-hydrogen) atoms. The van der Waals surface area contributed by atoms with Gasteiger partial charge in [0.15, 0.2) is 5.82 Å². The highest BCUT2D eigenvalue weighted by Gasteiger charge is 2.25. The third-order valence-electron chi connectivity index (χ3n) is 4.15. The molecule has 0 unspecified atom stereocenters. The zero-order chi connectivity index (χ0) is 19.9. The molecule has 0 saturated heterocycles. The molecule has 0 radical (unpaired) electrons. The van der Waals surface area contributed by atoms with E-state index in [0.717, 1.165) is 0 Å². The van der Waals surface area contributed by atoms with Crippen LogP contribution in [0.25, 0.3) is 5.69 Å². The van der Waals surface area contributed by atoms with Crippen LogP contribution in [-0.4, -0.2) is 57.6 Å². The van der Waals surface area contributed by atoms with Crippen LogP contribution in [0.15, 0.2) is 46.5 Å². The van der Waals surface area contributed by atoms with Gasteiger partial charge in [-0.3, -0.25) is 4.79 Å². The fourth-order valence-corrected chi connectivity index (χ4v) is 3.71. The van der Waals surface area contributed by atoms with Crippen LogP contribution in [0.5, 0.6) is 0 Å². The van der Waals surface area contributed by atoms with E-state index in [9.17, 15) is 17.6 Å². The van der Waals surface area contributed by atoms with Crippen LogP contribution in [0.2, 0.25) is 0 Å². The fourth-order valence-electron chi connectivity index (χ4n) is 2.74. The van der Waals surface area contributed by atoms with Crippen LogP contribution in [0.3, 0.4) is 0 Å². The Morgan fingerprint density at radius 3 is 2.86 bits per heavy atom. The quantitative estimate of drug-likeness (QED) is 0.794. The summed E-state index contributed by atoms with van der Waals surface area (Å²) in [6, 6.07) is 4.12. The molecule has 2 aliphatic rings. The Kier molecular flexibility index (Phi) is 4.26. The van der Waals surface area contributed by atoms with Gasteiger partial charge in [-0.2, -0.15) is 4.68 Å². The number of nitrogens with zero attached hydrogens (tertiary/aromatic N) is 6. The van der Waals surface area contributed by atoms with Crippen LogP contribution in [-0.2, 0) is 14.8 Å². The maximum Gasteiger partial charge on any atom is 0.257 e. The van der Waals surface area contributed by atoms with Crippen molar-refractivity contribution in [2.75, 3.05) is 17.6 Å². The fraction of sp³-hybridized carbons (Fsp3) is 0.188. The first-order chi connectivity index (χ1) is 13.3. The van der Waals surface area contributed by atoms with E-state index in [1.54, 1.807) is 11.8 Å². The number of fused-ring (bicyclic) bond motifs is 1. The van der Waals surface area contributed by atoms with E-state index < -0.39 is 21.7 Å². The number of aryl methyl sites for hydroxylation is 1. The molecule has 2 aromatic rings. The predicted octanol–water partition coefficient (Wildman–Crippen LogP) is 0.546. The smallest absolute Gasteiger partial charge is 0.257 e. The van der Waals surface area contributed by atoms with Crippen LogP contribution in [0.4, 0.5) is 10.1 Å². The van der Waals surface area contributed by atoms with Crippen molar-refractivity contribution in [3.05, 3.63) is 53.8 Å². The highest BCUT2D eigenvalue weighted by Crippen LogP contribution is 2.21. The minimum atomic E-state index is -3.48. The Bertz CT molecular complexity index is 1170. The number of benzene rings is 1. The van der Waals surface area contributed by atoms with E-state index in [0.29, 0.717) is 11.5 Å². The third-order valence-corrected chi connectivity index (χ3v) is 5.32. The van der Waals surface area contributed by atoms with Gasteiger partial charge in [0.1, 0.15) is 11.7 Å². The highest BCUT2D eigenvalue weighted by atomic mass is 32.2. The number of anilines is 1. The first-order valence-corrected chi connectivity index (χ1v) is 9.79. The molecule has 0 atom stereocenters. The summed E-state index contributed by atoms with van der Waals surface area (Å²) in [7, 11) is -3.48. The standard InChI is InChI=1S/C16H14FN7O3S/c1-10-19-21-22-24(10)12-3-4-13(17)14(8-12)18-16(25)11-2-5-15-20-28(26,27)7-6-23(15)9-11/h2-5,8-9H,6-7H2,1H3,(H,18,25). The van der Waals surface area contributed by atoms with Crippen molar-refractivity contribution >= 4 is 27.5 Å². The van der Waals surface area contributed by atoms with Crippen molar-refractivity contribution in [2.45, 2.75) is 6.92 Å². The average molecular weight is 403 g/mol. The van der Waals surface area contributed by atoms with Crippen molar-refractivity contribution < 1.29 is 17.6 Å². The van der Waals surface area contributed by atoms with Crippen molar-refractivity contribution in [2.24, 2.45) is 4.40 Å². The van der Waals surface area contributed by atoms with Gasteiger partial charge in [0.25, 0.3) is 15.9 Å². The van der Waals surface area contributed by atoms with Crippen molar-refractivity contribution in [1.29, 1.82) is 0 Å². The normalized spacial score (nSPS) is 17.6. The SMILES string of the molecule is Cc1nnnn1-c1ccc(F)c(NC(=O)C2=CN3CCS(=O)(=O)N=C3C=C2)c1. The summed E-state index contributed by atoms with van der Waals surface area (Å²) < 4.78 is 42.3. The average Bonchev–Trinajstić information content (AvgIpc) is 3.08. The largest absolute Gasteiger partial charge is 0.330 e. The van der Waals surface area contributed by atoms with E-state index >= 15 is 0 Å². The topological polar surface area (TPSA) is 122 Å². The number of aromatic nitrogens is 4. The summed E-state index contributed by atoms with van der Waals surface area (Å²) in [5.74, 6) is -0.556. The lowest BCUT2D eigenvalue weighted by Gasteiger charge is -2.27. The molecule has 1 aromatic carbocycles. The molecule has 0 bridgehead atoms. The number of nitrogens with one attached hydrogen (secondary N) is 1. The molecule has 4 rings (SSSR count). The number of carbonyl (C=O) groups excluding carboxylic acids is 1. The second kappa shape index (κ2) is 6.64. The number of tetrazole rings is 1. The molecule has 10 nitrogen and oxygen atoms in total. The molecule has 3 heterocycles. The predicted molar refractivity (Wildman–Crippen MR) is 97.6 cm³/mol. The zero-order valence-corrected chi connectivity index (χ0v) is 15.4. The van der Waals surface area contributed by atoms with Gasteiger partial charge >= 0.3 is 0 Å². The van der Waals surface area contributed by atoms with Crippen LogP contribution in [0.1, 0.15) is 5.82 Å². The van der Waals surface area contributed by atoms with E-state index in [1.165, 1.54) is 41.2 Å². The lowest BCUT2D eigenvalue weighted by molar-refractivity contribution is -0.112. The van der Waals surface area contributed by atoms with Gasteiger partial charge in [-0.05, 0) is 47.7 Å². The monoisotopic (exact) mass is 403 g/mol. The molecule has 0 spiro atoms. The maximum atomic E-state index is 14.2. The maximum absolute atomic E-state index is 14.2. The Morgan fingerprint density at radius 2 is 2.11 bits per heavy atom. The Labute approximate surface area is 159 Å². The molecule has 0 saturated carbocycles. The van der Waals surface area contributed by atoms with E-state index in [4.69, 9.17) is 0 Å². The zero-order valence-electron chi connectivity index (χ0n) is 14.6. The molecule has 0 fully saturated rings. The molecule has 144 valence electrons. The summed E-state index contributed by atoms with van der Waals surface area (Å²) in [6.45, 7) is 1.88. The number of halogens is 1. The van der Waals surface area contributed by atoms with E-state index in [-0.39, 0.29) is 29.4 Å². The second-order valence-corrected chi connectivity index (χ2v) is 7.86. The summed E-state index contributed by atoms with van der Waals surface area (Å²) in [5.41, 5.74) is 0.692. The first kappa shape index (κ1) is 18.0. The molecule has 1 amide bonds. The second-order valence-electron chi connectivity index (χ2n) is 6.10. The van der Waals surface area contributed by atoms with Gasteiger partial charge in [-0.1, -0.05) is 0 Å². The Hall–Kier alpha value is -3.41. The summed E-state index contributed by atoms with van der Waals surface area (Å²) in [6.07, 6.45) is 4.34. The number of hydrogen-bond donors (Lipinski definition) is 1. The van der Waals surface area contributed by atoms with Gasteiger partial charge < -0.3 is 10.2 Å². The van der Waals surface area contributed by atoms with Crippen LogP contribution < -0.4 is 5.32 Å². The number of hydrogen-bond acceptors (Lipinski definition) is 7. The molecule has 12 heteroatoms. The number of rotatable bonds is 3.